The van der Waals surface area contributed by atoms with Crippen molar-refractivity contribution in [2.75, 3.05) is 20.1 Å². The van der Waals surface area contributed by atoms with Gasteiger partial charge in [-0.25, -0.2) is 0 Å². The molecule has 6 rings (SSSR count). The maximum absolute atomic E-state index is 13.1. The van der Waals surface area contributed by atoms with Gasteiger partial charge in [0.25, 0.3) is 5.91 Å². The van der Waals surface area contributed by atoms with Crippen LogP contribution in [0.2, 0.25) is 0 Å². The number of β-amino-alcohol motifs (C(OH)–C–C–N with tert-alkyl or cyclic N) is 1. The quantitative estimate of drug-likeness (QED) is 0.545. The molecule has 2 heterocycles. The number of hydrogen-bond donors (Lipinski definition) is 3. The van der Waals surface area contributed by atoms with Gasteiger partial charge in [-0.2, -0.15) is 0 Å². The number of likely N-dealkylation sites (tertiary alicyclic amines) is 1. The zero-order valence-corrected chi connectivity index (χ0v) is 20.5. The molecule has 2 aliphatic heterocycles. The summed E-state index contributed by atoms with van der Waals surface area (Å²) in [7, 11) is 1.32. The zero-order valence-electron chi connectivity index (χ0n) is 20.5. The third-order valence-electron chi connectivity index (χ3n) is 8.92. The number of aliphatic hydroxyl groups excluding tert-OH is 1. The Balaban J connectivity index is 1.21. The third kappa shape index (κ3) is 3.86. The summed E-state index contributed by atoms with van der Waals surface area (Å²) in [6.45, 7) is 7.60. The van der Waals surface area contributed by atoms with Crippen LogP contribution >= 0.6 is 0 Å². The molecular weight excluding hydrogens is 433 g/mol. The maximum atomic E-state index is 13.1. The van der Waals surface area contributed by atoms with Gasteiger partial charge in [-0.3, -0.25) is 9.59 Å². The van der Waals surface area contributed by atoms with E-state index in [1.54, 1.807) is 17.0 Å². The van der Waals surface area contributed by atoms with Crippen LogP contribution in [0.5, 0.6) is 0 Å². The van der Waals surface area contributed by atoms with E-state index in [1.807, 2.05) is 19.2 Å². The Morgan fingerprint density at radius 2 is 1.91 bits per heavy atom. The average molecular weight is 469 g/mol. The van der Waals surface area contributed by atoms with Crippen molar-refractivity contribution in [3.8, 4) is 0 Å². The Morgan fingerprint density at radius 3 is 2.59 bits per heavy atom. The summed E-state index contributed by atoms with van der Waals surface area (Å²) in [6, 6.07) is 7.29. The smallest absolute Gasteiger partial charge is 0.404 e. The van der Waals surface area contributed by atoms with E-state index < -0.39 is 13.2 Å². The minimum atomic E-state index is -0.628. The van der Waals surface area contributed by atoms with Crippen molar-refractivity contribution >= 4 is 18.9 Å². The van der Waals surface area contributed by atoms with E-state index in [-0.39, 0.29) is 48.0 Å². The molecule has 0 radical (unpaired) electrons. The summed E-state index contributed by atoms with van der Waals surface area (Å²) in [5.74, 6) is 0.187. The molecule has 34 heavy (non-hydrogen) atoms. The number of hydrogen-bond acceptors (Lipinski definition) is 6. The molecular formula is C25H36BN3O5. The Labute approximate surface area is 201 Å². The zero-order chi connectivity index (χ0) is 24.3. The van der Waals surface area contributed by atoms with E-state index in [2.05, 4.69) is 31.4 Å². The molecule has 8 nitrogen and oxygen atoms in total. The van der Waals surface area contributed by atoms with Gasteiger partial charge >= 0.3 is 7.12 Å². The lowest BCUT2D eigenvalue weighted by Crippen LogP contribution is -2.65. The van der Waals surface area contributed by atoms with Crippen LogP contribution in [0.25, 0.3) is 0 Å². The van der Waals surface area contributed by atoms with Gasteiger partial charge in [0.1, 0.15) is 0 Å². The second-order valence-electron chi connectivity index (χ2n) is 11.2. The highest BCUT2D eigenvalue weighted by atomic mass is 16.7. The summed E-state index contributed by atoms with van der Waals surface area (Å²) < 4.78 is 12.9. The predicted octanol–water partition coefficient (Wildman–Crippen LogP) is 1.37. The van der Waals surface area contributed by atoms with Crippen molar-refractivity contribution in [2.24, 2.45) is 17.3 Å². The fourth-order valence-corrected chi connectivity index (χ4v) is 6.79. The molecule has 2 saturated heterocycles. The summed E-state index contributed by atoms with van der Waals surface area (Å²) in [5, 5.41) is 16.2. The highest BCUT2D eigenvalue weighted by Crippen LogP contribution is 2.65. The van der Waals surface area contributed by atoms with Crippen LogP contribution in [0.15, 0.2) is 24.3 Å². The van der Waals surface area contributed by atoms with E-state index in [9.17, 15) is 14.7 Å². The SMILES string of the molecule is CNCc1ccc(C(=O)NCC(=O)N2C[C@@H](O)C[C@H]2B2OC3C[C@@H]4C[C@@H](C4(C)C)[C@]3(C)O2)cc1. The molecule has 184 valence electrons. The van der Waals surface area contributed by atoms with Crippen molar-refractivity contribution in [3.63, 3.8) is 0 Å². The van der Waals surface area contributed by atoms with E-state index in [1.165, 1.54) is 0 Å². The number of nitrogens with one attached hydrogen (secondary N) is 2. The van der Waals surface area contributed by atoms with Gasteiger partial charge in [-0.1, -0.05) is 26.0 Å². The minimum Gasteiger partial charge on any atom is -0.404 e. The fourth-order valence-electron chi connectivity index (χ4n) is 6.79. The van der Waals surface area contributed by atoms with E-state index in [0.29, 0.717) is 23.8 Å². The number of carbonyl (C=O) groups excluding carboxylic acids is 2. The summed E-state index contributed by atoms with van der Waals surface area (Å²) in [5.41, 5.74) is 1.46. The third-order valence-corrected chi connectivity index (χ3v) is 8.92. The summed E-state index contributed by atoms with van der Waals surface area (Å²) in [6.07, 6.45) is 1.95. The van der Waals surface area contributed by atoms with Gasteiger partial charge in [-0.05, 0) is 68.2 Å². The number of benzene rings is 1. The van der Waals surface area contributed by atoms with Crippen molar-refractivity contribution in [3.05, 3.63) is 35.4 Å². The minimum absolute atomic E-state index is 0.0227. The van der Waals surface area contributed by atoms with Crippen LogP contribution in [0.1, 0.15) is 56.0 Å². The molecule has 2 amide bonds. The Morgan fingerprint density at radius 1 is 1.18 bits per heavy atom. The molecule has 1 aromatic rings. The van der Waals surface area contributed by atoms with Gasteiger partial charge in [0.05, 0.1) is 30.3 Å². The maximum Gasteiger partial charge on any atom is 0.482 e. The van der Waals surface area contributed by atoms with Crippen molar-refractivity contribution in [1.82, 2.24) is 15.5 Å². The van der Waals surface area contributed by atoms with Gasteiger partial charge in [0.15, 0.2) is 0 Å². The molecule has 0 aromatic heterocycles. The summed E-state index contributed by atoms with van der Waals surface area (Å²) >= 11 is 0. The first-order valence-corrected chi connectivity index (χ1v) is 12.5. The highest BCUT2D eigenvalue weighted by Gasteiger charge is 2.69. The van der Waals surface area contributed by atoms with Gasteiger partial charge in [-0.15, -0.1) is 0 Å². The van der Waals surface area contributed by atoms with Crippen molar-refractivity contribution in [2.45, 2.75) is 70.3 Å². The van der Waals surface area contributed by atoms with Crippen LogP contribution in [0.3, 0.4) is 0 Å². The predicted molar refractivity (Wildman–Crippen MR) is 128 cm³/mol. The molecule has 6 atom stereocenters. The monoisotopic (exact) mass is 469 g/mol. The second-order valence-corrected chi connectivity index (χ2v) is 11.2. The highest BCUT2D eigenvalue weighted by molar-refractivity contribution is 6.48. The van der Waals surface area contributed by atoms with Crippen molar-refractivity contribution < 1.29 is 24.0 Å². The van der Waals surface area contributed by atoms with Crippen LogP contribution in [-0.4, -0.2) is 72.8 Å². The molecule has 3 aliphatic carbocycles. The second kappa shape index (κ2) is 8.62. The average Bonchev–Trinajstić information content (AvgIpc) is 3.37. The van der Waals surface area contributed by atoms with E-state index >= 15 is 0 Å². The molecule has 5 aliphatic rings. The van der Waals surface area contributed by atoms with Gasteiger partial charge in [0.2, 0.25) is 5.91 Å². The number of nitrogens with zero attached hydrogens (tertiary/aromatic N) is 1. The molecule has 9 heteroatoms. The number of carbonyl (C=O) groups is 2. The number of aliphatic hydroxyl groups is 1. The molecule has 2 bridgehead atoms. The Bertz CT molecular complexity index is 956. The van der Waals surface area contributed by atoms with Gasteiger partial charge < -0.3 is 29.9 Å². The lowest BCUT2D eigenvalue weighted by atomic mass is 9.43. The summed E-state index contributed by atoms with van der Waals surface area (Å²) in [4.78, 5) is 27.3. The first-order chi connectivity index (χ1) is 16.1. The van der Waals surface area contributed by atoms with E-state index in [0.717, 1.165) is 24.9 Å². The topological polar surface area (TPSA) is 100 Å². The lowest BCUT2D eigenvalue weighted by Gasteiger charge is -2.64. The standard InChI is InChI=1S/C25H36BN3O5/c1-24(2)17-9-19(24)25(3)20(10-17)33-26(34-25)21-11-18(30)14-29(21)22(31)13-28-23(32)16-7-5-15(6-8-16)12-27-4/h5-8,17-21,27,30H,9-14H2,1-4H3,(H,28,32)/t17-,18-,19-,20?,21-,25-/m0/s1. The number of amides is 2. The van der Waals surface area contributed by atoms with Crippen LogP contribution in [-0.2, 0) is 20.6 Å². The van der Waals surface area contributed by atoms with Crippen LogP contribution in [0, 0.1) is 17.3 Å². The molecule has 0 spiro atoms. The first-order valence-electron chi connectivity index (χ1n) is 12.5. The van der Waals surface area contributed by atoms with Crippen LogP contribution < -0.4 is 10.6 Å². The molecule has 1 unspecified atom stereocenters. The van der Waals surface area contributed by atoms with Gasteiger partial charge in [0, 0.05) is 18.7 Å². The molecule has 3 saturated carbocycles. The van der Waals surface area contributed by atoms with Crippen LogP contribution in [0.4, 0.5) is 0 Å². The van der Waals surface area contributed by atoms with E-state index in [4.69, 9.17) is 9.31 Å². The normalized spacial score (nSPS) is 35.6. The lowest BCUT2D eigenvalue weighted by molar-refractivity contribution is -0.199. The largest absolute Gasteiger partial charge is 0.482 e. The van der Waals surface area contributed by atoms with Crippen molar-refractivity contribution in [1.29, 1.82) is 0 Å². The molecule has 1 aromatic carbocycles. The fraction of sp³-hybridized carbons (Fsp3) is 0.680. The number of rotatable bonds is 6. The molecule has 3 N–H and O–H groups in total. The Hall–Kier alpha value is -1.94. The molecule has 5 fully saturated rings. The first kappa shape index (κ1) is 23.8. The Kier molecular flexibility index (Phi) is 6.03.